The van der Waals surface area contributed by atoms with Crippen molar-refractivity contribution in [1.82, 2.24) is 15.0 Å². The molecule has 10 heteroatoms. The number of aromatic nitrogens is 2. The summed E-state index contributed by atoms with van der Waals surface area (Å²) in [6.07, 6.45) is 5.56. The third-order valence-electron chi connectivity index (χ3n) is 5.99. The number of hydrogen-bond acceptors (Lipinski definition) is 8. The van der Waals surface area contributed by atoms with Crippen molar-refractivity contribution in [2.45, 2.75) is 37.8 Å². The van der Waals surface area contributed by atoms with Gasteiger partial charge in [0.1, 0.15) is 16.3 Å². The summed E-state index contributed by atoms with van der Waals surface area (Å²) >= 11 is 2.78. The molecule has 0 aliphatic heterocycles. The van der Waals surface area contributed by atoms with Gasteiger partial charge in [0.25, 0.3) is 11.5 Å². The first-order chi connectivity index (χ1) is 18.0. The van der Waals surface area contributed by atoms with Gasteiger partial charge in [0, 0.05) is 4.88 Å². The summed E-state index contributed by atoms with van der Waals surface area (Å²) in [5, 5.41) is 14.5. The molecule has 2 aromatic carbocycles. The van der Waals surface area contributed by atoms with Crippen LogP contribution in [0.4, 0.5) is 0 Å². The molecule has 1 aliphatic carbocycles. The molecule has 0 atom stereocenters. The number of phenols is 1. The quantitative estimate of drug-likeness (QED) is 0.147. The molecule has 5 rings (SSSR count). The second kappa shape index (κ2) is 11.2. The number of carbonyl (C=O) groups excluding carboxylic acids is 1. The molecular formula is C27H26N4O4S2. The standard InChI is InChI=1S/C27H26N4O4S2/c1-2-35-20-13-9-18(10-14-20)31-26(34)24-21-5-3-4-6-22(21)37-25(24)29-27(31)36-16-23(33)30-28-15-17-7-11-19(32)12-8-17/h7-15,32H,2-6,16H2,1H3,(H,30,33). The molecule has 37 heavy (non-hydrogen) atoms. The molecule has 1 aliphatic rings. The Hall–Kier alpha value is -3.63. The van der Waals surface area contributed by atoms with Gasteiger partial charge in [0.2, 0.25) is 0 Å². The van der Waals surface area contributed by atoms with Gasteiger partial charge in [-0.15, -0.1) is 11.3 Å². The zero-order chi connectivity index (χ0) is 25.8. The lowest BCUT2D eigenvalue weighted by atomic mass is 9.97. The van der Waals surface area contributed by atoms with E-state index in [0.717, 1.165) is 47.4 Å². The van der Waals surface area contributed by atoms with Crippen LogP contribution in [0.2, 0.25) is 0 Å². The van der Waals surface area contributed by atoms with E-state index in [0.29, 0.717) is 22.8 Å². The highest BCUT2D eigenvalue weighted by Crippen LogP contribution is 2.35. The number of nitrogens with one attached hydrogen (secondary N) is 1. The lowest BCUT2D eigenvalue weighted by molar-refractivity contribution is -0.118. The zero-order valence-electron chi connectivity index (χ0n) is 20.3. The zero-order valence-corrected chi connectivity index (χ0v) is 21.9. The number of thioether (sulfide) groups is 1. The lowest BCUT2D eigenvalue weighted by Crippen LogP contribution is -2.24. The fraction of sp³-hybridized carbons (Fsp3) is 0.259. The van der Waals surface area contributed by atoms with E-state index in [9.17, 15) is 14.7 Å². The van der Waals surface area contributed by atoms with Crippen LogP contribution in [0.1, 0.15) is 35.8 Å². The number of ether oxygens (including phenoxy) is 1. The van der Waals surface area contributed by atoms with Gasteiger partial charge in [-0.2, -0.15) is 5.10 Å². The number of amides is 1. The number of thiophene rings is 1. The maximum Gasteiger partial charge on any atom is 0.267 e. The number of phenolic OH excluding ortho intramolecular Hbond substituents is 1. The Kier molecular flexibility index (Phi) is 7.57. The Labute approximate surface area is 222 Å². The molecule has 0 bridgehead atoms. The molecule has 0 spiro atoms. The van der Waals surface area contributed by atoms with Crippen molar-refractivity contribution in [3.63, 3.8) is 0 Å². The average molecular weight is 535 g/mol. The largest absolute Gasteiger partial charge is 0.508 e. The minimum absolute atomic E-state index is 0.0347. The number of hydrazone groups is 1. The predicted molar refractivity (Wildman–Crippen MR) is 148 cm³/mol. The summed E-state index contributed by atoms with van der Waals surface area (Å²) < 4.78 is 7.15. The molecule has 0 radical (unpaired) electrons. The van der Waals surface area contributed by atoms with Crippen molar-refractivity contribution in [1.29, 1.82) is 0 Å². The van der Waals surface area contributed by atoms with Crippen molar-refractivity contribution >= 4 is 45.4 Å². The van der Waals surface area contributed by atoms with E-state index in [1.807, 2.05) is 31.2 Å². The topological polar surface area (TPSA) is 106 Å². The lowest BCUT2D eigenvalue weighted by Gasteiger charge is -2.14. The summed E-state index contributed by atoms with van der Waals surface area (Å²) in [5.74, 6) is 0.596. The summed E-state index contributed by atoms with van der Waals surface area (Å²) in [6.45, 7) is 2.48. The first-order valence-corrected chi connectivity index (χ1v) is 13.9. The Morgan fingerprint density at radius 2 is 1.95 bits per heavy atom. The number of carbonyl (C=O) groups is 1. The van der Waals surface area contributed by atoms with Crippen molar-refractivity contribution in [3.8, 4) is 17.2 Å². The summed E-state index contributed by atoms with van der Waals surface area (Å²) in [6, 6.07) is 13.8. The molecule has 0 saturated heterocycles. The van der Waals surface area contributed by atoms with E-state index in [2.05, 4.69) is 10.5 Å². The number of benzene rings is 2. The number of aromatic hydroxyl groups is 1. The molecule has 4 aromatic rings. The van der Waals surface area contributed by atoms with Gasteiger partial charge < -0.3 is 9.84 Å². The third-order valence-corrected chi connectivity index (χ3v) is 8.12. The molecular weight excluding hydrogens is 508 g/mol. The van der Waals surface area contributed by atoms with E-state index >= 15 is 0 Å². The molecule has 190 valence electrons. The Morgan fingerprint density at radius 3 is 2.70 bits per heavy atom. The van der Waals surface area contributed by atoms with Gasteiger partial charge >= 0.3 is 0 Å². The first kappa shape index (κ1) is 25.0. The van der Waals surface area contributed by atoms with Gasteiger partial charge in [-0.1, -0.05) is 11.8 Å². The maximum absolute atomic E-state index is 13.8. The molecule has 0 fully saturated rings. The minimum Gasteiger partial charge on any atom is -0.508 e. The second-order valence-corrected chi connectivity index (χ2v) is 10.6. The van der Waals surface area contributed by atoms with Crippen molar-refractivity contribution in [2.75, 3.05) is 12.4 Å². The summed E-state index contributed by atoms with van der Waals surface area (Å²) in [5.41, 5.74) is 4.94. The molecule has 0 saturated carbocycles. The van der Waals surface area contributed by atoms with Crippen molar-refractivity contribution in [3.05, 3.63) is 74.9 Å². The average Bonchev–Trinajstić information content (AvgIpc) is 3.28. The van der Waals surface area contributed by atoms with Crippen molar-refractivity contribution in [2.24, 2.45) is 5.10 Å². The highest BCUT2D eigenvalue weighted by Gasteiger charge is 2.23. The number of fused-ring (bicyclic) bond motifs is 3. The van der Waals surface area contributed by atoms with Crippen LogP contribution in [0, 0.1) is 0 Å². The Bertz CT molecular complexity index is 1510. The minimum atomic E-state index is -0.321. The fourth-order valence-corrected chi connectivity index (χ4v) is 6.38. The number of nitrogens with zero attached hydrogens (tertiary/aromatic N) is 3. The molecule has 0 unspecified atom stereocenters. The SMILES string of the molecule is CCOc1ccc(-n2c(SCC(=O)NN=Cc3ccc(O)cc3)nc3sc4c(c3c2=O)CCCC4)cc1. The monoisotopic (exact) mass is 534 g/mol. The molecule has 8 nitrogen and oxygen atoms in total. The normalized spacial score (nSPS) is 13.1. The van der Waals surface area contributed by atoms with E-state index in [1.165, 1.54) is 22.9 Å². The highest BCUT2D eigenvalue weighted by atomic mass is 32.2. The van der Waals surface area contributed by atoms with Crippen LogP contribution in [0.5, 0.6) is 11.5 Å². The van der Waals surface area contributed by atoms with E-state index < -0.39 is 0 Å². The van der Waals surface area contributed by atoms with Crippen molar-refractivity contribution < 1.29 is 14.6 Å². The van der Waals surface area contributed by atoms with E-state index in [4.69, 9.17) is 9.72 Å². The predicted octanol–water partition coefficient (Wildman–Crippen LogP) is 4.67. The van der Waals surface area contributed by atoms with Gasteiger partial charge in [-0.05, 0) is 92.3 Å². The van der Waals surface area contributed by atoms with Crippen LogP contribution in [0.3, 0.4) is 0 Å². The van der Waals surface area contributed by atoms with Crippen LogP contribution in [-0.4, -0.2) is 39.1 Å². The van der Waals surface area contributed by atoms with E-state index in [1.54, 1.807) is 40.2 Å². The van der Waals surface area contributed by atoms with E-state index in [-0.39, 0.29) is 23.0 Å². The molecule has 2 aromatic heterocycles. The van der Waals surface area contributed by atoms with Crippen LogP contribution in [0.25, 0.3) is 15.9 Å². The smallest absolute Gasteiger partial charge is 0.267 e. The van der Waals surface area contributed by atoms with Crippen LogP contribution >= 0.6 is 23.1 Å². The summed E-state index contributed by atoms with van der Waals surface area (Å²) in [7, 11) is 0. The number of aryl methyl sites for hydroxylation is 2. The Morgan fingerprint density at radius 1 is 1.19 bits per heavy atom. The van der Waals surface area contributed by atoms with Gasteiger partial charge in [0.15, 0.2) is 5.16 Å². The number of rotatable bonds is 8. The van der Waals surface area contributed by atoms with Gasteiger partial charge in [-0.3, -0.25) is 14.2 Å². The van der Waals surface area contributed by atoms with Crippen LogP contribution in [0.15, 0.2) is 63.6 Å². The molecule has 2 N–H and O–H groups in total. The molecule has 2 heterocycles. The maximum atomic E-state index is 13.8. The third kappa shape index (κ3) is 5.55. The van der Waals surface area contributed by atoms with Crippen LogP contribution < -0.4 is 15.7 Å². The fourth-order valence-electron chi connectivity index (χ4n) is 4.27. The van der Waals surface area contributed by atoms with Gasteiger partial charge in [-0.25, -0.2) is 10.4 Å². The second-order valence-electron chi connectivity index (χ2n) is 8.53. The number of hydrogen-bond donors (Lipinski definition) is 2. The highest BCUT2D eigenvalue weighted by molar-refractivity contribution is 7.99. The van der Waals surface area contributed by atoms with Gasteiger partial charge in [0.05, 0.1) is 29.6 Å². The molecule has 1 amide bonds. The first-order valence-electron chi connectivity index (χ1n) is 12.1. The Balaban J connectivity index is 1.43. The van der Waals surface area contributed by atoms with Crippen LogP contribution in [-0.2, 0) is 17.6 Å². The summed E-state index contributed by atoms with van der Waals surface area (Å²) in [4.78, 5) is 33.2.